The van der Waals surface area contributed by atoms with Crippen LogP contribution in [0.25, 0.3) is 16.7 Å². The van der Waals surface area contributed by atoms with Crippen LogP contribution in [0.2, 0.25) is 0 Å². The summed E-state index contributed by atoms with van der Waals surface area (Å²) in [5.41, 5.74) is 5.42. The Hall–Kier alpha value is -2.85. The predicted octanol–water partition coefficient (Wildman–Crippen LogP) is 5.40. The van der Waals surface area contributed by atoms with Crippen LogP contribution in [-0.2, 0) is 6.42 Å². The number of nitrogens with one attached hydrogen (secondary N) is 1. The summed E-state index contributed by atoms with van der Waals surface area (Å²) in [6, 6.07) is 17.6. The number of benzene rings is 2. The van der Waals surface area contributed by atoms with Gasteiger partial charge in [-0.2, -0.15) is 0 Å². The van der Waals surface area contributed by atoms with Gasteiger partial charge in [0, 0.05) is 24.5 Å². The number of aromatic nitrogens is 1. The molecule has 4 rings (SSSR count). The molecule has 0 spiro atoms. The molecule has 2 aromatic carbocycles. The Morgan fingerprint density at radius 3 is 2.25 bits per heavy atom. The molecule has 2 nitrogen and oxygen atoms in total. The number of pyridine rings is 1. The lowest BCUT2D eigenvalue weighted by Crippen LogP contribution is -2.33. The van der Waals surface area contributed by atoms with Crippen molar-refractivity contribution in [3.05, 3.63) is 95.8 Å². The van der Waals surface area contributed by atoms with E-state index >= 15 is 0 Å². The number of aryl methyl sites for hydroxylation is 1. The van der Waals surface area contributed by atoms with Crippen molar-refractivity contribution in [2.75, 3.05) is 6.54 Å². The second-order valence-corrected chi connectivity index (χ2v) is 7.13. The van der Waals surface area contributed by atoms with E-state index in [1.807, 2.05) is 24.4 Å². The van der Waals surface area contributed by atoms with Gasteiger partial charge in [0.15, 0.2) is 0 Å². The monoisotopic (exact) mass is 376 g/mol. The maximum absolute atomic E-state index is 13.2. The van der Waals surface area contributed by atoms with Crippen LogP contribution in [-0.4, -0.2) is 17.6 Å². The van der Waals surface area contributed by atoms with Crippen molar-refractivity contribution in [2.24, 2.45) is 0 Å². The SMILES string of the molecule is Fc1ccc(C2=CCNC(CCc3cc(-c4ccc(F)cc4)ccn3)C2)cc1. The van der Waals surface area contributed by atoms with E-state index in [0.29, 0.717) is 6.04 Å². The molecule has 2 heterocycles. The second kappa shape index (κ2) is 8.44. The molecule has 4 heteroatoms. The van der Waals surface area contributed by atoms with E-state index in [-0.39, 0.29) is 11.6 Å². The Morgan fingerprint density at radius 2 is 1.54 bits per heavy atom. The standard InChI is InChI=1S/C24H22F2N2/c25-21-5-1-17(2-6-21)19-11-13-27-23(15-19)9-10-24-16-20(12-14-28-24)18-3-7-22(26)8-4-18/h1-8,11-13,15,24,28H,9-10,14,16H2. The van der Waals surface area contributed by atoms with Crippen molar-refractivity contribution in [1.29, 1.82) is 0 Å². The zero-order valence-electron chi connectivity index (χ0n) is 15.5. The summed E-state index contributed by atoms with van der Waals surface area (Å²) in [6.07, 6.45) is 6.74. The number of hydrogen-bond donors (Lipinski definition) is 1. The second-order valence-electron chi connectivity index (χ2n) is 7.13. The number of rotatable bonds is 5. The first-order valence-electron chi connectivity index (χ1n) is 9.56. The topological polar surface area (TPSA) is 24.9 Å². The largest absolute Gasteiger partial charge is 0.310 e. The minimum atomic E-state index is -0.230. The van der Waals surface area contributed by atoms with Crippen LogP contribution in [0.3, 0.4) is 0 Å². The van der Waals surface area contributed by atoms with Gasteiger partial charge in [0.25, 0.3) is 0 Å². The fourth-order valence-corrected chi connectivity index (χ4v) is 3.63. The van der Waals surface area contributed by atoms with Gasteiger partial charge in [0.1, 0.15) is 11.6 Å². The zero-order chi connectivity index (χ0) is 19.3. The van der Waals surface area contributed by atoms with Gasteiger partial charge in [-0.15, -0.1) is 0 Å². The highest BCUT2D eigenvalue weighted by Crippen LogP contribution is 2.25. The average molecular weight is 376 g/mol. The summed E-state index contributed by atoms with van der Waals surface area (Å²) in [5.74, 6) is -0.437. The van der Waals surface area contributed by atoms with Gasteiger partial charge in [-0.05, 0) is 77.9 Å². The van der Waals surface area contributed by atoms with Gasteiger partial charge in [-0.3, -0.25) is 4.98 Å². The van der Waals surface area contributed by atoms with Gasteiger partial charge in [-0.1, -0.05) is 30.3 Å². The highest BCUT2D eigenvalue weighted by molar-refractivity contribution is 5.67. The van der Waals surface area contributed by atoms with Crippen molar-refractivity contribution in [3.63, 3.8) is 0 Å². The molecule has 0 saturated carbocycles. The molecule has 0 fully saturated rings. The maximum atomic E-state index is 13.2. The molecule has 3 aromatic rings. The molecule has 1 N–H and O–H groups in total. The Kier molecular flexibility index (Phi) is 5.58. The first kappa shape index (κ1) is 18.5. The van der Waals surface area contributed by atoms with Crippen LogP contribution in [0.5, 0.6) is 0 Å². The minimum absolute atomic E-state index is 0.207. The van der Waals surface area contributed by atoms with Gasteiger partial charge in [-0.25, -0.2) is 8.78 Å². The first-order chi connectivity index (χ1) is 13.7. The Balaban J connectivity index is 1.39. The first-order valence-corrected chi connectivity index (χ1v) is 9.56. The van der Waals surface area contributed by atoms with Crippen molar-refractivity contribution in [2.45, 2.75) is 25.3 Å². The van der Waals surface area contributed by atoms with E-state index in [9.17, 15) is 8.78 Å². The van der Waals surface area contributed by atoms with Crippen molar-refractivity contribution in [3.8, 4) is 11.1 Å². The van der Waals surface area contributed by atoms with Gasteiger partial charge in [0.05, 0.1) is 0 Å². The van der Waals surface area contributed by atoms with E-state index in [2.05, 4.69) is 22.4 Å². The van der Waals surface area contributed by atoms with Gasteiger partial charge >= 0.3 is 0 Å². The average Bonchev–Trinajstić information content (AvgIpc) is 2.74. The molecule has 1 atom stereocenters. The molecule has 142 valence electrons. The summed E-state index contributed by atoms with van der Waals surface area (Å²) in [7, 11) is 0. The van der Waals surface area contributed by atoms with E-state index in [0.717, 1.165) is 48.2 Å². The van der Waals surface area contributed by atoms with Crippen LogP contribution >= 0.6 is 0 Å². The third kappa shape index (κ3) is 4.52. The third-order valence-corrected chi connectivity index (χ3v) is 5.18. The highest BCUT2D eigenvalue weighted by Gasteiger charge is 2.16. The molecule has 28 heavy (non-hydrogen) atoms. The van der Waals surface area contributed by atoms with Crippen LogP contribution < -0.4 is 5.32 Å². The lowest BCUT2D eigenvalue weighted by molar-refractivity contribution is 0.499. The highest BCUT2D eigenvalue weighted by atomic mass is 19.1. The van der Waals surface area contributed by atoms with Gasteiger partial charge < -0.3 is 5.32 Å². The zero-order valence-corrected chi connectivity index (χ0v) is 15.5. The van der Waals surface area contributed by atoms with E-state index in [1.54, 1.807) is 12.1 Å². The molecule has 1 aliphatic rings. The van der Waals surface area contributed by atoms with Crippen LogP contribution in [0, 0.1) is 11.6 Å². The summed E-state index contributed by atoms with van der Waals surface area (Å²) >= 11 is 0. The van der Waals surface area contributed by atoms with Gasteiger partial charge in [0.2, 0.25) is 0 Å². The molecular weight excluding hydrogens is 354 g/mol. The maximum Gasteiger partial charge on any atom is 0.123 e. The summed E-state index contributed by atoms with van der Waals surface area (Å²) < 4.78 is 26.3. The molecule has 0 bridgehead atoms. The lowest BCUT2D eigenvalue weighted by Gasteiger charge is -2.24. The quantitative estimate of drug-likeness (QED) is 0.644. The van der Waals surface area contributed by atoms with Crippen LogP contribution in [0.4, 0.5) is 8.78 Å². The predicted molar refractivity (Wildman–Crippen MR) is 109 cm³/mol. The van der Waals surface area contributed by atoms with Crippen molar-refractivity contribution < 1.29 is 8.78 Å². The minimum Gasteiger partial charge on any atom is -0.310 e. The van der Waals surface area contributed by atoms with Crippen LogP contribution in [0.1, 0.15) is 24.1 Å². The summed E-state index contributed by atoms with van der Waals surface area (Å²) in [4.78, 5) is 4.50. The lowest BCUT2D eigenvalue weighted by atomic mass is 9.92. The van der Waals surface area contributed by atoms with Crippen LogP contribution in [0.15, 0.2) is 72.9 Å². The van der Waals surface area contributed by atoms with E-state index < -0.39 is 0 Å². The Morgan fingerprint density at radius 1 is 0.857 bits per heavy atom. The molecule has 1 unspecified atom stereocenters. The van der Waals surface area contributed by atoms with Crippen molar-refractivity contribution in [1.82, 2.24) is 10.3 Å². The molecule has 0 saturated heterocycles. The summed E-state index contributed by atoms with van der Waals surface area (Å²) in [5, 5.41) is 3.53. The Labute approximate surface area is 164 Å². The molecule has 1 aromatic heterocycles. The van der Waals surface area contributed by atoms with E-state index in [1.165, 1.54) is 29.8 Å². The fourth-order valence-electron chi connectivity index (χ4n) is 3.63. The normalized spacial score (nSPS) is 16.6. The summed E-state index contributed by atoms with van der Waals surface area (Å²) in [6.45, 7) is 0.820. The molecule has 0 radical (unpaired) electrons. The number of hydrogen-bond acceptors (Lipinski definition) is 2. The number of nitrogens with zero attached hydrogens (tertiary/aromatic N) is 1. The van der Waals surface area contributed by atoms with Crippen molar-refractivity contribution >= 4 is 5.57 Å². The smallest absolute Gasteiger partial charge is 0.123 e. The Bertz CT molecular complexity index is 963. The third-order valence-electron chi connectivity index (χ3n) is 5.18. The molecule has 0 amide bonds. The fraction of sp³-hybridized carbons (Fsp3) is 0.208. The molecular formula is C24H22F2N2. The molecule has 1 aliphatic heterocycles. The van der Waals surface area contributed by atoms with E-state index in [4.69, 9.17) is 0 Å². The number of halogens is 2. The molecule has 0 aliphatic carbocycles.